The highest BCUT2D eigenvalue weighted by molar-refractivity contribution is 8.46. The number of nitrogens with zero attached hydrogens (tertiary/aromatic N) is 3. The van der Waals surface area contributed by atoms with Crippen LogP contribution in [0.3, 0.4) is 0 Å². The van der Waals surface area contributed by atoms with Crippen LogP contribution in [0.25, 0.3) is 0 Å². The fraction of sp³-hybridized carbons (Fsp3) is 0.300. The van der Waals surface area contributed by atoms with Crippen molar-refractivity contribution in [1.29, 1.82) is 0 Å². The van der Waals surface area contributed by atoms with Crippen LogP contribution in [0.15, 0.2) is 46.2 Å². The highest BCUT2D eigenvalue weighted by Crippen LogP contribution is 3.03. The van der Waals surface area contributed by atoms with Gasteiger partial charge in [0.15, 0.2) is 0 Å². The van der Waals surface area contributed by atoms with Gasteiger partial charge in [0.25, 0.3) is 5.91 Å². The molecule has 1 amide bonds. The Labute approximate surface area is 216 Å². The largest absolute Gasteiger partial charge is 0.478 e. The highest BCUT2D eigenvalue weighted by Gasteiger charge is 2.66. The summed E-state index contributed by atoms with van der Waals surface area (Å²) in [6, 6.07) is 2.57. The lowest BCUT2D eigenvalue weighted by Crippen LogP contribution is -2.26. The van der Waals surface area contributed by atoms with Gasteiger partial charge in [0.05, 0.1) is 12.7 Å². The van der Waals surface area contributed by atoms with Crippen LogP contribution in [0.1, 0.15) is 20.7 Å². The Morgan fingerprint density at radius 1 is 0.641 bits per heavy atom. The standard InChI is InChI=1S/C11H15F5N2O2S.C9H10F5NO2S/c1-17(2)9-5-8(11(19)18(3)20-4)6-10(7-9)21(12,13,14,15)16;1-15(2)7-3-6(9(16)17)4-8(5-7)18(10,11,12,13)14/h5-7H,1-4H3;3-5H,1-2H3,(H,16,17). The number of aromatic carboxylic acids is 1. The predicted octanol–water partition coefficient (Wildman–Crippen LogP) is 8.15. The molecule has 0 bridgehead atoms. The lowest BCUT2D eigenvalue weighted by Gasteiger charge is -2.41. The Kier molecular flexibility index (Phi) is 7.82. The summed E-state index contributed by atoms with van der Waals surface area (Å²) in [5.74, 6) is -2.67. The molecule has 0 saturated carbocycles. The van der Waals surface area contributed by atoms with Crippen LogP contribution in [-0.2, 0) is 4.84 Å². The number of hydroxylamine groups is 2. The second kappa shape index (κ2) is 8.98. The van der Waals surface area contributed by atoms with Gasteiger partial charge >= 0.3 is 26.4 Å². The molecule has 0 aliphatic rings. The number of anilines is 2. The van der Waals surface area contributed by atoms with Crippen molar-refractivity contribution in [2.24, 2.45) is 0 Å². The average molecular weight is 626 g/mol. The van der Waals surface area contributed by atoms with E-state index >= 15 is 0 Å². The fourth-order valence-electron chi connectivity index (χ4n) is 2.64. The lowest BCUT2D eigenvalue weighted by molar-refractivity contribution is -0.0757. The third kappa shape index (κ3) is 9.57. The van der Waals surface area contributed by atoms with E-state index in [-0.39, 0.29) is 29.6 Å². The molecule has 0 aliphatic carbocycles. The number of hydrogen-bond donors (Lipinski definition) is 1. The smallest absolute Gasteiger partial charge is 0.335 e. The van der Waals surface area contributed by atoms with Crippen molar-refractivity contribution in [2.45, 2.75) is 9.79 Å². The van der Waals surface area contributed by atoms with Crippen LogP contribution in [0.4, 0.5) is 50.2 Å². The number of carboxylic acid groups (broad SMARTS) is 1. The van der Waals surface area contributed by atoms with E-state index in [2.05, 4.69) is 4.84 Å². The fourth-order valence-corrected chi connectivity index (χ4v) is 4.03. The first kappa shape index (κ1) is 34.0. The third-order valence-electron chi connectivity index (χ3n) is 4.76. The maximum absolute atomic E-state index is 12.9. The number of halogens is 10. The van der Waals surface area contributed by atoms with E-state index in [1.54, 1.807) is 0 Å². The first-order valence-electron chi connectivity index (χ1n) is 10.0. The molecule has 7 nitrogen and oxygen atoms in total. The summed E-state index contributed by atoms with van der Waals surface area (Å²) in [6.45, 7) is 0. The van der Waals surface area contributed by atoms with Crippen molar-refractivity contribution >= 4 is 43.7 Å². The van der Waals surface area contributed by atoms with Crippen LogP contribution in [0, 0.1) is 0 Å². The molecule has 226 valence electrons. The van der Waals surface area contributed by atoms with Crippen LogP contribution in [-0.4, -0.2) is 64.4 Å². The summed E-state index contributed by atoms with van der Waals surface area (Å²) in [4.78, 5) is 25.0. The number of hydrogen-bond acceptors (Lipinski definition) is 5. The molecule has 0 saturated heterocycles. The molecular formula is C20H25F10N3O4S2. The van der Waals surface area contributed by atoms with E-state index in [9.17, 15) is 48.4 Å². The van der Waals surface area contributed by atoms with Crippen molar-refractivity contribution in [1.82, 2.24) is 5.06 Å². The van der Waals surface area contributed by atoms with E-state index < -0.39 is 53.2 Å². The molecule has 0 unspecified atom stereocenters. The van der Waals surface area contributed by atoms with Crippen LogP contribution in [0.5, 0.6) is 0 Å². The van der Waals surface area contributed by atoms with E-state index in [0.29, 0.717) is 11.1 Å². The predicted molar refractivity (Wildman–Crippen MR) is 130 cm³/mol. The van der Waals surface area contributed by atoms with E-state index in [1.165, 1.54) is 33.1 Å². The molecule has 0 fully saturated rings. The molecule has 19 heteroatoms. The topological polar surface area (TPSA) is 73.3 Å². The molecule has 1 N–H and O–H groups in total. The van der Waals surface area contributed by atoms with Crippen molar-refractivity contribution in [3.05, 3.63) is 47.5 Å². The highest BCUT2D eigenvalue weighted by atomic mass is 32.5. The summed E-state index contributed by atoms with van der Waals surface area (Å²) in [7, 11) is -12.1. The number of rotatable bonds is 7. The van der Waals surface area contributed by atoms with Gasteiger partial charge < -0.3 is 14.9 Å². The molecule has 39 heavy (non-hydrogen) atoms. The molecule has 0 heterocycles. The first-order chi connectivity index (χ1) is 16.9. The van der Waals surface area contributed by atoms with Gasteiger partial charge in [0.1, 0.15) is 9.79 Å². The first-order valence-corrected chi connectivity index (χ1v) is 13.9. The molecule has 0 aliphatic heterocycles. The van der Waals surface area contributed by atoms with Crippen molar-refractivity contribution in [3.8, 4) is 0 Å². The van der Waals surface area contributed by atoms with Gasteiger partial charge in [-0.3, -0.25) is 9.63 Å². The van der Waals surface area contributed by atoms with Gasteiger partial charge in [-0.05, 0) is 36.4 Å². The van der Waals surface area contributed by atoms with Gasteiger partial charge in [0.2, 0.25) is 0 Å². The van der Waals surface area contributed by atoms with Gasteiger partial charge in [-0.2, -0.15) is 0 Å². The van der Waals surface area contributed by atoms with Crippen molar-refractivity contribution in [3.63, 3.8) is 0 Å². The number of carboxylic acids is 1. The van der Waals surface area contributed by atoms with E-state index in [1.807, 2.05) is 0 Å². The molecule has 0 spiro atoms. The summed E-state index contributed by atoms with van der Waals surface area (Å²) in [6.07, 6.45) is 0. The maximum Gasteiger partial charge on any atom is 0.335 e. The maximum atomic E-state index is 12.9. The average Bonchev–Trinajstić information content (AvgIpc) is 2.74. The summed E-state index contributed by atoms with van der Waals surface area (Å²) in [5, 5.41) is 9.27. The summed E-state index contributed by atoms with van der Waals surface area (Å²) in [5.41, 5.74) is -1.83. The van der Waals surface area contributed by atoms with E-state index in [0.717, 1.165) is 31.2 Å². The molecule has 2 aromatic carbocycles. The Bertz CT molecular complexity index is 1290. The van der Waals surface area contributed by atoms with Gasteiger partial charge in [-0.25, -0.2) is 9.86 Å². The van der Waals surface area contributed by atoms with Gasteiger partial charge in [0, 0.05) is 52.2 Å². The Balaban J connectivity index is 0.000000395. The second-order valence-corrected chi connectivity index (χ2v) is 13.3. The van der Waals surface area contributed by atoms with Crippen LogP contribution < -0.4 is 9.80 Å². The quantitative estimate of drug-likeness (QED) is 0.247. The zero-order chi connectivity index (χ0) is 31.1. The van der Waals surface area contributed by atoms with E-state index in [4.69, 9.17) is 5.11 Å². The third-order valence-corrected chi connectivity index (χ3v) is 7.01. The van der Waals surface area contributed by atoms with Crippen molar-refractivity contribution < 1.29 is 58.4 Å². The minimum atomic E-state index is -9.89. The zero-order valence-corrected chi connectivity index (χ0v) is 22.7. The summed E-state index contributed by atoms with van der Waals surface area (Å²) < 4.78 is 128. The Morgan fingerprint density at radius 2 is 0.974 bits per heavy atom. The minimum Gasteiger partial charge on any atom is -0.478 e. The molecular weight excluding hydrogens is 600 g/mol. The monoisotopic (exact) mass is 625 g/mol. The minimum absolute atomic E-state index is 0.0586. The Hall–Kier alpha value is -3.06. The summed E-state index contributed by atoms with van der Waals surface area (Å²) >= 11 is 0. The number of carbonyl (C=O) groups is 2. The SMILES string of the molecule is CN(C)c1cc(C(=O)O)cc(S(F)(F)(F)(F)F)c1.CON(C)C(=O)c1cc(N(C)C)cc(S(F)(F)(F)(F)F)c1. The normalized spacial score (nSPS) is 15.4. The number of benzene rings is 2. The molecule has 2 aromatic rings. The zero-order valence-electron chi connectivity index (χ0n) is 21.1. The molecule has 0 aromatic heterocycles. The number of amides is 1. The van der Waals surface area contributed by atoms with Crippen LogP contribution >= 0.6 is 20.4 Å². The van der Waals surface area contributed by atoms with Crippen LogP contribution in [0.2, 0.25) is 0 Å². The second-order valence-electron chi connectivity index (χ2n) is 8.45. The molecule has 2 rings (SSSR count). The number of carbonyl (C=O) groups excluding carboxylic acids is 1. The lowest BCUT2D eigenvalue weighted by atomic mass is 10.2. The Morgan fingerprint density at radius 3 is 1.26 bits per heavy atom. The molecule has 0 atom stereocenters. The molecule has 0 radical (unpaired) electrons. The van der Waals surface area contributed by atoms with Gasteiger partial charge in [-0.15, -0.1) is 0 Å². The van der Waals surface area contributed by atoms with Crippen molar-refractivity contribution in [2.75, 3.05) is 52.1 Å². The van der Waals surface area contributed by atoms with Gasteiger partial charge in [-0.1, -0.05) is 38.9 Å².